The van der Waals surface area contributed by atoms with Gasteiger partial charge in [-0.3, -0.25) is 4.79 Å². The van der Waals surface area contributed by atoms with E-state index in [1.165, 1.54) is 5.56 Å². The SMILES string of the molecule is Cc1ccc(-c2cc(C(=O)Nc3ccc(C)cn3)c3ccccc3n2)cc1. The molecule has 0 aliphatic heterocycles. The Labute approximate surface area is 157 Å². The highest BCUT2D eigenvalue weighted by Gasteiger charge is 2.14. The third-order valence-corrected chi connectivity index (χ3v) is 4.46. The molecule has 4 nitrogen and oxygen atoms in total. The van der Waals surface area contributed by atoms with Crippen LogP contribution in [0.4, 0.5) is 5.82 Å². The monoisotopic (exact) mass is 353 g/mol. The molecule has 4 rings (SSSR count). The maximum Gasteiger partial charge on any atom is 0.257 e. The van der Waals surface area contributed by atoms with E-state index in [0.29, 0.717) is 11.4 Å². The number of anilines is 1. The molecule has 4 heteroatoms. The first kappa shape index (κ1) is 16.9. The van der Waals surface area contributed by atoms with Crippen LogP contribution in [0.25, 0.3) is 22.2 Å². The molecule has 0 unspecified atom stereocenters. The molecule has 0 aliphatic rings. The van der Waals surface area contributed by atoms with Gasteiger partial charge in [0, 0.05) is 17.1 Å². The number of rotatable bonds is 3. The number of fused-ring (bicyclic) bond motifs is 1. The lowest BCUT2D eigenvalue weighted by Crippen LogP contribution is -2.14. The van der Waals surface area contributed by atoms with Gasteiger partial charge in [-0.2, -0.15) is 0 Å². The van der Waals surface area contributed by atoms with Crippen LogP contribution >= 0.6 is 0 Å². The van der Waals surface area contributed by atoms with Crippen molar-refractivity contribution in [2.45, 2.75) is 13.8 Å². The van der Waals surface area contributed by atoms with E-state index in [0.717, 1.165) is 27.7 Å². The molecular formula is C23H19N3O. The van der Waals surface area contributed by atoms with Gasteiger partial charge in [0.25, 0.3) is 5.91 Å². The fourth-order valence-electron chi connectivity index (χ4n) is 2.96. The Morgan fingerprint density at radius 2 is 1.63 bits per heavy atom. The lowest BCUT2D eigenvalue weighted by atomic mass is 10.0. The van der Waals surface area contributed by atoms with Crippen LogP contribution < -0.4 is 5.32 Å². The van der Waals surface area contributed by atoms with E-state index in [1.54, 1.807) is 12.3 Å². The van der Waals surface area contributed by atoms with E-state index < -0.39 is 0 Å². The summed E-state index contributed by atoms with van der Waals surface area (Å²) in [6, 6.07) is 21.4. The molecule has 1 amide bonds. The molecule has 2 heterocycles. The van der Waals surface area contributed by atoms with Crippen molar-refractivity contribution in [3.63, 3.8) is 0 Å². The average Bonchev–Trinajstić information content (AvgIpc) is 2.69. The molecule has 0 atom stereocenters. The van der Waals surface area contributed by atoms with Crippen LogP contribution in [-0.2, 0) is 0 Å². The van der Waals surface area contributed by atoms with Gasteiger partial charge in [0.05, 0.1) is 16.8 Å². The third-order valence-electron chi connectivity index (χ3n) is 4.46. The number of aryl methyl sites for hydroxylation is 2. The summed E-state index contributed by atoms with van der Waals surface area (Å²) in [5.74, 6) is 0.335. The zero-order valence-corrected chi connectivity index (χ0v) is 15.2. The fourth-order valence-corrected chi connectivity index (χ4v) is 2.96. The molecule has 0 saturated carbocycles. The highest BCUT2D eigenvalue weighted by atomic mass is 16.1. The number of nitrogens with zero attached hydrogens (tertiary/aromatic N) is 2. The molecule has 0 fully saturated rings. The van der Waals surface area contributed by atoms with Crippen molar-refractivity contribution in [3.05, 3.63) is 89.6 Å². The smallest absolute Gasteiger partial charge is 0.257 e. The number of carbonyl (C=O) groups is 1. The molecule has 2 aromatic carbocycles. The van der Waals surface area contributed by atoms with Crippen molar-refractivity contribution in [1.82, 2.24) is 9.97 Å². The Hall–Kier alpha value is -3.53. The van der Waals surface area contributed by atoms with Crippen molar-refractivity contribution in [2.24, 2.45) is 0 Å². The Kier molecular flexibility index (Phi) is 4.38. The fraction of sp³-hybridized carbons (Fsp3) is 0.0870. The lowest BCUT2D eigenvalue weighted by Gasteiger charge is -2.10. The third kappa shape index (κ3) is 3.55. The van der Waals surface area contributed by atoms with E-state index in [9.17, 15) is 4.79 Å². The Bertz CT molecular complexity index is 1120. The Morgan fingerprint density at radius 1 is 0.889 bits per heavy atom. The number of pyridine rings is 2. The molecule has 27 heavy (non-hydrogen) atoms. The maximum absolute atomic E-state index is 13.0. The Morgan fingerprint density at radius 3 is 2.37 bits per heavy atom. The molecule has 0 saturated heterocycles. The van der Waals surface area contributed by atoms with Crippen LogP contribution in [0, 0.1) is 13.8 Å². The number of hydrogen-bond donors (Lipinski definition) is 1. The second kappa shape index (κ2) is 7.00. The molecule has 1 N–H and O–H groups in total. The van der Waals surface area contributed by atoms with E-state index in [4.69, 9.17) is 4.98 Å². The van der Waals surface area contributed by atoms with Gasteiger partial charge in [0.2, 0.25) is 0 Å². The standard InChI is InChI=1S/C23H19N3O/c1-15-7-10-17(11-8-15)21-13-19(18-5-3-4-6-20(18)25-21)23(27)26-22-12-9-16(2)14-24-22/h3-14H,1-2H3,(H,24,26,27). The molecule has 0 aliphatic carbocycles. The molecule has 0 radical (unpaired) electrons. The van der Waals surface area contributed by atoms with Crippen LogP contribution in [0.2, 0.25) is 0 Å². The number of carbonyl (C=O) groups excluding carboxylic acids is 1. The second-order valence-corrected chi connectivity index (χ2v) is 6.61. The van der Waals surface area contributed by atoms with Crippen LogP contribution in [-0.4, -0.2) is 15.9 Å². The van der Waals surface area contributed by atoms with Gasteiger partial charge in [-0.15, -0.1) is 0 Å². The average molecular weight is 353 g/mol. The zero-order valence-electron chi connectivity index (χ0n) is 15.2. The van der Waals surface area contributed by atoms with Crippen LogP contribution in [0.1, 0.15) is 21.5 Å². The number of hydrogen-bond acceptors (Lipinski definition) is 3. The summed E-state index contributed by atoms with van der Waals surface area (Å²) >= 11 is 0. The first-order valence-electron chi connectivity index (χ1n) is 8.81. The first-order valence-corrected chi connectivity index (χ1v) is 8.81. The highest BCUT2D eigenvalue weighted by Crippen LogP contribution is 2.25. The van der Waals surface area contributed by atoms with E-state index >= 15 is 0 Å². The molecule has 0 spiro atoms. The molecule has 4 aromatic rings. The van der Waals surface area contributed by atoms with Gasteiger partial charge < -0.3 is 5.32 Å². The van der Waals surface area contributed by atoms with Gasteiger partial charge in [-0.25, -0.2) is 9.97 Å². The minimum atomic E-state index is -0.196. The number of para-hydroxylation sites is 1. The summed E-state index contributed by atoms with van der Waals surface area (Å²) in [6.45, 7) is 4.01. The summed E-state index contributed by atoms with van der Waals surface area (Å²) in [7, 11) is 0. The predicted octanol–water partition coefficient (Wildman–Crippen LogP) is 5.17. The van der Waals surface area contributed by atoms with Crippen LogP contribution in [0.3, 0.4) is 0 Å². The molecule has 2 aromatic heterocycles. The van der Waals surface area contributed by atoms with Gasteiger partial charge in [-0.05, 0) is 37.6 Å². The normalized spacial score (nSPS) is 10.7. The van der Waals surface area contributed by atoms with E-state index in [-0.39, 0.29) is 5.91 Å². The van der Waals surface area contributed by atoms with Gasteiger partial charge in [0.1, 0.15) is 5.82 Å². The van der Waals surface area contributed by atoms with Crippen molar-refractivity contribution in [3.8, 4) is 11.3 Å². The van der Waals surface area contributed by atoms with Crippen molar-refractivity contribution >= 4 is 22.6 Å². The largest absolute Gasteiger partial charge is 0.307 e. The summed E-state index contributed by atoms with van der Waals surface area (Å²) in [6.07, 6.45) is 1.73. The molecule has 132 valence electrons. The maximum atomic E-state index is 13.0. The number of nitrogens with one attached hydrogen (secondary N) is 1. The van der Waals surface area contributed by atoms with E-state index in [2.05, 4.69) is 10.3 Å². The minimum Gasteiger partial charge on any atom is -0.307 e. The number of aromatic nitrogens is 2. The molecular weight excluding hydrogens is 334 g/mol. The Balaban J connectivity index is 1.79. The van der Waals surface area contributed by atoms with Gasteiger partial charge in [0.15, 0.2) is 0 Å². The van der Waals surface area contributed by atoms with Gasteiger partial charge in [-0.1, -0.05) is 54.1 Å². The number of amides is 1. The van der Waals surface area contributed by atoms with Crippen molar-refractivity contribution < 1.29 is 4.79 Å². The van der Waals surface area contributed by atoms with Crippen molar-refractivity contribution in [2.75, 3.05) is 5.32 Å². The van der Waals surface area contributed by atoms with E-state index in [1.807, 2.05) is 74.5 Å². The minimum absolute atomic E-state index is 0.196. The zero-order chi connectivity index (χ0) is 18.8. The number of benzene rings is 2. The highest BCUT2D eigenvalue weighted by molar-refractivity contribution is 6.12. The summed E-state index contributed by atoms with van der Waals surface area (Å²) in [4.78, 5) is 22.0. The topological polar surface area (TPSA) is 54.9 Å². The van der Waals surface area contributed by atoms with Crippen LogP contribution in [0.15, 0.2) is 72.9 Å². The summed E-state index contributed by atoms with van der Waals surface area (Å²) in [5, 5.41) is 3.71. The first-order chi connectivity index (χ1) is 13.1. The second-order valence-electron chi connectivity index (χ2n) is 6.61. The lowest BCUT2D eigenvalue weighted by molar-refractivity contribution is 0.102. The predicted molar refractivity (Wildman–Crippen MR) is 109 cm³/mol. The van der Waals surface area contributed by atoms with Crippen LogP contribution in [0.5, 0.6) is 0 Å². The van der Waals surface area contributed by atoms with Gasteiger partial charge >= 0.3 is 0 Å². The summed E-state index contributed by atoms with van der Waals surface area (Å²) < 4.78 is 0. The van der Waals surface area contributed by atoms with Crippen molar-refractivity contribution in [1.29, 1.82) is 0 Å². The quantitative estimate of drug-likeness (QED) is 0.553. The summed E-state index contributed by atoms with van der Waals surface area (Å²) in [5.41, 5.74) is 5.35. The molecule has 0 bridgehead atoms.